The first kappa shape index (κ1) is 20.8. The van der Waals surface area contributed by atoms with Gasteiger partial charge in [-0.1, -0.05) is 31.4 Å². The molecule has 160 valence electrons. The van der Waals surface area contributed by atoms with Crippen LogP contribution in [-0.4, -0.2) is 54.7 Å². The topological polar surface area (TPSA) is 90.6 Å². The highest BCUT2D eigenvalue weighted by atomic mass is 32.2. The van der Waals surface area contributed by atoms with Crippen molar-refractivity contribution in [3.63, 3.8) is 0 Å². The summed E-state index contributed by atoms with van der Waals surface area (Å²) in [5, 5.41) is 0. The maximum absolute atomic E-state index is 13.0. The second kappa shape index (κ2) is 8.73. The number of benzene rings is 1. The van der Waals surface area contributed by atoms with E-state index in [4.69, 9.17) is 0 Å². The van der Waals surface area contributed by atoms with Crippen molar-refractivity contribution in [3.8, 4) is 0 Å². The fourth-order valence-corrected chi connectivity index (χ4v) is 5.81. The molecule has 1 aliphatic heterocycles. The van der Waals surface area contributed by atoms with Gasteiger partial charge in [0, 0.05) is 32.4 Å². The van der Waals surface area contributed by atoms with Crippen molar-refractivity contribution in [2.24, 2.45) is 0 Å². The van der Waals surface area contributed by atoms with E-state index in [0.717, 1.165) is 0 Å². The third-order valence-electron chi connectivity index (χ3n) is 6.17. The molecule has 1 aromatic heterocycles. The highest BCUT2D eigenvalue weighted by molar-refractivity contribution is 7.89. The zero-order valence-corrected chi connectivity index (χ0v) is 17.7. The van der Waals surface area contributed by atoms with E-state index in [-0.39, 0.29) is 37.6 Å². The molecule has 0 radical (unpaired) electrons. The highest BCUT2D eigenvalue weighted by Crippen LogP contribution is 2.33. The van der Waals surface area contributed by atoms with Crippen LogP contribution in [0.25, 0.3) is 0 Å². The Bertz CT molecular complexity index is 1050. The summed E-state index contributed by atoms with van der Waals surface area (Å²) in [6, 6.07) is 10.4. The van der Waals surface area contributed by atoms with Crippen LogP contribution in [0.15, 0.2) is 52.3 Å². The summed E-state index contributed by atoms with van der Waals surface area (Å²) in [5.41, 5.74) is 0.861. The second-order valence-electron chi connectivity index (χ2n) is 8.01. The Morgan fingerprint density at radius 3 is 2.23 bits per heavy atom. The van der Waals surface area contributed by atoms with E-state index in [1.807, 2.05) is 12.1 Å². The van der Waals surface area contributed by atoms with E-state index in [1.165, 1.54) is 59.1 Å². The summed E-state index contributed by atoms with van der Waals surface area (Å²) >= 11 is 0. The van der Waals surface area contributed by atoms with Crippen LogP contribution in [0.5, 0.6) is 0 Å². The summed E-state index contributed by atoms with van der Waals surface area (Å²) in [6.07, 6.45) is 7.59. The monoisotopic (exact) mass is 429 g/mol. The van der Waals surface area contributed by atoms with Gasteiger partial charge in [-0.05, 0) is 48.6 Å². The number of hydrogen-bond donors (Lipinski definition) is 1. The molecule has 0 unspecified atom stereocenters. The number of pyridine rings is 1. The zero-order valence-electron chi connectivity index (χ0n) is 16.9. The number of carbonyl (C=O) groups is 1. The summed E-state index contributed by atoms with van der Waals surface area (Å²) in [7, 11) is -3.60. The van der Waals surface area contributed by atoms with E-state index in [0.29, 0.717) is 10.8 Å². The molecule has 0 bridgehead atoms. The van der Waals surface area contributed by atoms with Crippen molar-refractivity contribution in [2.75, 3.05) is 26.2 Å². The minimum Gasteiger partial charge on any atom is -0.336 e. The molecule has 1 aromatic carbocycles. The molecule has 2 heterocycles. The van der Waals surface area contributed by atoms with E-state index < -0.39 is 15.6 Å². The highest BCUT2D eigenvalue weighted by Gasteiger charge is 2.31. The normalized spacial score (nSPS) is 19.0. The van der Waals surface area contributed by atoms with Crippen LogP contribution in [0.4, 0.5) is 0 Å². The molecular formula is C22H27N3O4S. The van der Waals surface area contributed by atoms with E-state index >= 15 is 0 Å². The molecule has 4 rings (SSSR count). The predicted octanol–water partition coefficient (Wildman–Crippen LogP) is 2.57. The quantitative estimate of drug-likeness (QED) is 0.809. The number of carbonyl (C=O) groups excluding carboxylic acids is 1. The third kappa shape index (κ3) is 4.20. The Balaban J connectivity index is 1.41. The fraction of sp³-hybridized carbons (Fsp3) is 0.455. The van der Waals surface area contributed by atoms with Crippen LogP contribution < -0.4 is 5.56 Å². The minimum atomic E-state index is -3.60. The van der Waals surface area contributed by atoms with Crippen LogP contribution in [0.3, 0.4) is 0 Å². The van der Waals surface area contributed by atoms with Crippen LogP contribution in [0, 0.1) is 0 Å². The zero-order chi connectivity index (χ0) is 21.1. The molecule has 1 amide bonds. The standard InChI is InChI=1S/C22H27N3O4S/c26-21-20(7-4-12-23-21)22(27)24-13-15-25(16-14-24)30(28,29)19-10-8-18(9-11-19)17-5-2-1-3-6-17/h4,7-12,17H,1-3,5-6,13-16H2,(H,23,26). The van der Waals surface area contributed by atoms with Crippen LogP contribution >= 0.6 is 0 Å². The lowest BCUT2D eigenvalue weighted by molar-refractivity contribution is 0.0696. The molecule has 30 heavy (non-hydrogen) atoms. The van der Waals surface area contributed by atoms with Crippen LogP contribution in [0.2, 0.25) is 0 Å². The lowest BCUT2D eigenvalue weighted by Crippen LogP contribution is -2.51. The van der Waals surface area contributed by atoms with Crippen molar-refractivity contribution >= 4 is 15.9 Å². The number of amides is 1. The van der Waals surface area contributed by atoms with Gasteiger partial charge in [0.1, 0.15) is 5.56 Å². The first-order valence-electron chi connectivity index (χ1n) is 10.5. The second-order valence-corrected chi connectivity index (χ2v) is 9.95. The van der Waals surface area contributed by atoms with Gasteiger partial charge in [-0.2, -0.15) is 4.31 Å². The van der Waals surface area contributed by atoms with Gasteiger partial charge in [-0.15, -0.1) is 0 Å². The van der Waals surface area contributed by atoms with Crippen LogP contribution in [0.1, 0.15) is 53.9 Å². The first-order chi connectivity index (χ1) is 14.5. The predicted molar refractivity (Wildman–Crippen MR) is 114 cm³/mol. The number of hydrogen-bond acceptors (Lipinski definition) is 4. The molecule has 2 aromatic rings. The molecule has 1 aliphatic carbocycles. The van der Waals surface area contributed by atoms with Crippen LogP contribution in [-0.2, 0) is 10.0 Å². The summed E-state index contributed by atoms with van der Waals surface area (Å²) in [4.78, 5) is 28.7. The summed E-state index contributed by atoms with van der Waals surface area (Å²) in [5.74, 6) is 0.164. The van der Waals surface area contributed by atoms with Crippen molar-refractivity contribution < 1.29 is 13.2 Å². The van der Waals surface area contributed by atoms with Gasteiger partial charge < -0.3 is 9.88 Å². The number of rotatable bonds is 4. The Morgan fingerprint density at radius 2 is 1.60 bits per heavy atom. The molecule has 1 saturated carbocycles. The van der Waals surface area contributed by atoms with E-state index in [2.05, 4.69) is 4.98 Å². The van der Waals surface area contributed by atoms with E-state index in [1.54, 1.807) is 18.2 Å². The molecular weight excluding hydrogens is 402 g/mol. The average molecular weight is 430 g/mol. The molecule has 8 heteroatoms. The Kier molecular flexibility index (Phi) is 6.06. The maximum atomic E-state index is 13.0. The number of sulfonamides is 1. The molecule has 0 atom stereocenters. The van der Waals surface area contributed by atoms with Gasteiger partial charge in [0.15, 0.2) is 0 Å². The lowest BCUT2D eigenvalue weighted by atomic mass is 9.84. The Hall–Kier alpha value is -2.45. The van der Waals surface area contributed by atoms with Gasteiger partial charge >= 0.3 is 0 Å². The number of piperazine rings is 1. The first-order valence-corrected chi connectivity index (χ1v) is 12.0. The van der Waals surface area contributed by atoms with Crippen molar-refractivity contribution in [1.29, 1.82) is 0 Å². The largest absolute Gasteiger partial charge is 0.336 e. The van der Waals surface area contributed by atoms with Gasteiger partial charge in [-0.25, -0.2) is 8.42 Å². The number of aromatic amines is 1. The van der Waals surface area contributed by atoms with Gasteiger partial charge in [-0.3, -0.25) is 9.59 Å². The van der Waals surface area contributed by atoms with Gasteiger partial charge in [0.2, 0.25) is 10.0 Å². The molecule has 1 N–H and O–H groups in total. The van der Waals surface area contributed by atoms with Crippen molar-refractivity contribution in [3.05, 3.63) is 64.1 Å². The summed E-state index contributed by atoms with van der Waals surface area (Å²) in [6.45, 7) is 0.936. The average Bonchev–Trinajstić information content (AvgIpc) is 2.80. The van der Waals surface area contributed by atoms with Gasteiger partial charge in [0.25, 0.3) is 11.5 Å². The molecule has 7 nitrogen and oxygen atoms in total. The van der Waals surface area contributed by atoms with Gasteiger partial charge in [0.05, 0.1) is 4.90 Å². The number of nitrogens with one attached hydrogen (secondary N) is 1. The van der Waals surface area contributed by atoms with Crippen molar-refractivity contribution in [2.45, 2.75) is 42.9 Å². The lowest BCUT2D eigenvalue weighted by Gasteiger charge is -2.34. The third-order valence-corrected chi connectivity index (χ3v) is 8.08. The summed E-state index contributed by atoms with van der Waals surface area (Å²) < 4.78 is 27.5. The minimum absolute atomic E-state index is 0.0760. The molecule has 2 fully saturated rings. The Labute approximate surface area is 176 Å². The SMILES string of the molecule is O=C(c1ccc[nH]c1=O)N1CCN(S(=O)(=O)c2ccc(C3CCCCC3)cc2)CC1. The van der Waals surface area contributed by atoms with E-state index in [9.17, 15) is 18.0 Å². The molecule has 1 saturated heterocycles. The number of aromatic nitrogens is 1. The smallest absolute Gasteiger partial charge is 0.260 e. The number of nitrogens with zero attached hydrogens (tertiary/aromatic N) is 2. The molecule has 0 spiro atoms. The molecule has 2 aliphatic rings. The Morgan fingerprint density at radius 1 is 0.933 bits per heavy atom. The maximum Gasteiger partial charge on any atom is 0.260 e. The fourth-order valence-electron chi connectivity index (χ4n) is 4.39. The number of H-pyrrole nitrogens is 1. The van der Waals surface area contributed by atoms with Crippen molar-refractivity contribution in [1.82, 2.24) is 14.2 Å².